The fourth-order valence-corrected chi connectivity index (χ4v) is 2.64. The summed E-state index contributed by atoms with van der Waals surface area (Å²) in [4.78, 5) is 4.48. The van der Waals surface area contributed by atoms with Gasteiger partial charge in [0.1, 0.15) is 5.82 Å². The highest BCUT2D eigenvalue weighted by Gasteiger charge is 2.27. The molecule has 0 saturated carbocycles. The molecule has 0 aliphatic carbocycles. The van der Waals surface area contributed by atoms with Crippen LogP contribution in [0.2, 0.25) is 0 Å². The topological polar surface area (TPSA) is 32.5 Å². The number of nitrogens with zero attached hydrogens (tertiary/aromatic N) is 2. The highest BCUT2D eigenvalue weighted by Crippen LogP contribution is 2.27. The van der Waals surface area contributed by atoms with Gasteiger partial charge >= 0.3 is 0 Å². The molecular formula is C17H30FN3. The number of hydrogen-bond donors (Lipinski definition) is 1. The molecule has 120 valence electrons. The molecule has 0 spiro atoms. The molecule has 2 N–H and O–H groups in total. The smallest absolute Gasteiger partial charge is 0.128 e. The Bertz CT molecular complexity index is 409. The molecule has 1 aromatic carbocycles. The first-order valence-electron chi connectivity index (χ1n) is 7.90. The van der Waals surface area contributed by atoms with Crippen molar-refractivity contribution in [2.45, 2.75) is 38.8 Å². The predicted molar refractivity (Wildman–Crippen MR) is 87.8 cm³/mol. The van der Waals surface area contributed by atoms with Crippen molar-refractivity contribution in [3.63, 3.8) is 0 Å². The molecule has 0 saturated heterocycles. The molecule has 0 radical (unpaired) electrons. The van der Waals surface area contributed by atoms with Crippen molar-refractivity contribution in [2.75, 3.05) is 33.7 Å². The van der Waals surface area contributed by atoms with Crippen LogP contribution in [-0.2, 0) is 0 Å². The average Bonchev–Trinajstić information content (AvgIpc) is 2.46. The molecule has 0 heterocycles. The molecule has 21 heavy (non-hydrogen) atoms. The minimum Gasteiger partial charge on any atom is -0.326 e. The number of benzene rings is 1. The number of nitrogens with two attached hydrogens (primary N) is 1. The maximum Gasteiger partial charge on any atom is 0.128 e. The highest BCUT2D eigenvalue weighted by molar-refractivity contribution is 5.23. The lowest BCUT2D eigenvalue weighted by atomic mass is 9.95. The Morgan fingerprint density at radius 3 is 2.29 bits per heavy atom. The normalized spacial score (nSPS) is 14.7. The Labute approximate surface area is 128 Å². The number of likely N-dealkylation sites (N-methyl/N-ethyl adjacent to an activating group) is 1. The lowest BCUT2D eigenvalue weighted by Gasteiger charge is -2.36. The summed E-state index contributed by atoms with van der Waals surface area (Å²) in [6.07, 6.45) is 1.87. The first-order chi connectivity index (χ1) is 10.0. The predicted octanol–water partition coefficient (Wildman–Crippen LogP) is 2.88. The SMILES string of the molecule is CCCN(CCN(C)C)C(c1ccccc1F)C(N)CC. The minimum absolute atomic E-state index is 0.0592. The van der Waals surface area contributed by atoms with Gasteiger partial charge in [0.2, 0.25) is 0 Å². The van der Waals surface area contributed by atoms with E-state index < -0.39 is 0 Å². The lowest BCUT2D eigenvalue weighted by molar-refractivity contribution is 0.152. The van der Waals surface area contributed by atoms with Gasteiger partial charge in [0.15, 0.2) is 0 Å². The van der Waals surface area contributed by atoms with Crippen LogP contribution in [0.3, 0.4) is 0 Å². The van der Waals surface area contributed by atoms with Crippen molar-refractivity contribution in [1.82, 2.24) is 9.80 Å². The van der Waals surface area contributed by atoms with Gasteiger partial charge in [-0.1, -0.05) is 32.0 Å². The van der Waals surface area contributed by atoms with Gasteiger partial charge in [-0.3, -0.25) is 4.90 Å². The van der Waals surface area contributed by atoms with Gasteiger partial charge < -0.3 is 10.6 Å². The number of halogens is 1. The third-order valence-electron chi connectivity index (χ3n) is 3.84. The van der Waals surface area contributed by atoms with Crippen molar-refractivity contribution in [3.05, 3.63) is 35.6 Å². The van der Waals surface area contributed by atoms with Gasteiger partial charge in [-0.15, -0.1) is 0 Å². The Morgan fingerprint density at radius 2 is 1.76 bits per heavy atom. The summed E-state index contributed by atoms with van der Waals surface area (Å²) in [5.74, 6) is -0.155. The maximum absolute atomic E-state index is 14.2. The van der Waals surface area contributed by atoms with Crippen LogP contribution in [0.15, 0.2) is 24.3 Å². The molecule has 2 unspecified atom stereocenters. The van der Waals surface area contributed by atoms with Crippen LogP contribution in [0.1, 0.15) is 38.3 Å². The van der Waals surface area contributed by atoms with Crippen molar-refractivity contribution >= 4 is 0 Å². The lowest BCUT2D eigenvalue weighted by Crippen LogP contribution is -2.44. The third kappa shape index (κ3) is 5.38. The number of hydrogen-bond acceptors (Lipinski definition) is 3. The summed E-state index contributed by atoms with van der Waals surface area (Å²) < 4.78 is 14.2. The van der Waals surface area contributed by atoms with E-state index in [0.717, 1.165) is 38.0 Å². The Kier molecular flexibility index (Phi) is 7.86. The first kappa shape index (κ1) is 18.1. The molecule has 1 rings (SSSR count). The van der Waals surface area contributed by atoms with Crippen molar-refractivity contribution in [3.8, 4) is 0 Å². The quantitative estimate of drug-likeness (QED) is 0.760. The minimum atomic E-state index is -0.155. The zero-order chi connectivity index (χ0) is 15.8. The standard InChI is InChI=1S/C17H30FN3/c1-5-11-21(13-12-20(3)4)17(16(19)6-2)14-9-7-8-10-15(14)18/h7-10,16-17H,5-6,11-13,19H2,1-4H3. The van der Waals surface area contributed by atoms with E-state index in [1.54, 1.807) is 6.07 Å². The molecule has 3 nitrogen and oxygen atoms in total. The van der Waals surface area contributed by atoms with Crippen LogP contribution >= 0.6 is 0 Å². The largest absolute Gasteiger partial charge is 0.326 e. The molecule has 1 aromatic rings. The van der Waals surface area contributed by atoms with Gasteiger partial charge in [-0.05, 0) is 39.5 Å². The van der Waals surface area contributed by atoms with Gasteiger partial charge in [0, 0.05) is 24.7 Å². The van der Waals surface area contributed by atoms with Gasteiger partial charge in [-0.25, -0.2) is 4.39 Å². The van der Waals surface area contributed by atoms with E-state index in [0.29, 0.717) is 0 Å². The summed E-state index contributed by atoms with van der Waals surface area (Å²) in [6, 6.07) is 6.90. The second kappa shape index (κ2) is 9.13. The van der Waals surface area contributed by atoms with Crippen LogP contribution in [0, 0.1) is 5.82 Å². The molecular weight excluding hydrogens is 265 g/mol. The van der Waals surface area contributed by atoms with Crippen molar-refractivity contribution in [1.29, 1.82) is 0 Å². The zero-order valence-electron chi connectivity index (χ0n) is 13.8. The summed E-state index contributed by atoms with van der Waals surface area (Å²) in [6.45, 7) is 6.99. The zero-order valence-corrected chi connectivity index (χ0v) is 13.8. The van der Waals surface area contributed by atoms with Crippen LogP contribution in [0.25, 0.3) is 0 Å². The van der Waals surface area contributed by atoms with E-state index in [2.05, 4.69) is 37.7 Å². The summed E-state index contributed by atoms with van der Waals surface area (Å²) >= 11 is 0. The van der Waals surface area contributed by atoms with Gasteiger partial charge in [0.25, 0.3) is 0 Å². The molecule has 0 aliphatic heterocycles. The Morgan fingerprint density at radius 1 is 1.10 bits per heavy atom. The fourth-order valence-electron chi connectivity index (χ4n) is 2.64. The van der Waals surface area contributed by atoms with E-state index in [1.807, 2.05) is 12.1 Å². The van der Waals surface area contributed by atoms with Crippen molar-refractivity contribution < 1.29 is 4.39 Å². The molecule has 0 amide bonds. The van der Waals surface area contributed by atoms with Gasteiger partial charge in [0.05, 0.1) is 6.04 Å². The Hall–Kier alpha value is -0.970. The summed E-state index contributed by atoms with van der Waals surface area (Å²) in [5, 5.41) is 0. The van der Waals surface area contributed by atoms with E-state index >= 15 is 0 Å². The van der Waals surface area contributed by atoms with E-state index in [9.17, 15) is 4.39 Å². The second-order valence-corrected chi connectivity index (χ2v) is 5.88. The third-order valence-corrected chi connectivity index (χ3v) is 3.84. The monoisotopic (exact) mass is 295 g/mol. The average molecular weight is 295 g/mol. The van der Waals surface area contributed by atoms with E-state index in [-0.39, 0.29) is 17.9 Å². The molecule has 4 heteroatoms. The van der Waals surface area contributed by atoms with E-state index in [4.69, 9.17) is 5.73 Å². The summed E-state index contributed by atoms with van der Waals surface area (Å²) in [5.41, 5.74) is 7.06. The van der Waals surface area contributed by atoms with E-state index in [1.165, 1.54) is 6.07 Å². The number of rotatable bonds is 9. The maximum atomic E-state index is 14.2. The van der Waals surface area contributed by atoms with Crippen molar-refractivity contribution in [2.24, 2.45) is 5.73 Å². The van der Waals surface area contributed by atoms with Gasteiger partial charge in [-0.2, -0.15) is 0 Å². The molecule has 0 aliphatic rings. The van der Waals surface area contributed by atoms with Crippen LogP contribution in [-0.4, -0.2) is 49.6 Å². The Balaban J connectivity index is 3.05. The molecule has 0 fully saturated rings. The second-order valence-electron chi connectivity index (χ2n) is 5.88. The van der Waals surface area contributed by atoms with Crippen LogP contribution in [0.4, 0.5) is 4.39 Å². The molecule has 0 bridgehead atoms. The molecule has 2 atom stereocenters. The summed E-state index contributed by atoms with van der Waals surface area (Å²) in [7, 11) is 4.12. The van der Waals surface area contributed by atoms with Crippen LogP contribution in [0.5, 0.6) is 0 Å². The van der Waals surface area contributed by atoms with Crippen LogP contribution < -0.4 is 5.73 Å². The highest BCUT2D eigenvalue weighted by atomic mass is 19.1. The molecule has 0 aromatic heterocycles. The fraction of sp³-hybridized carbons (Fsp3) is 0.647. The first-order valence-corrected chi connectivity index (χ1v) is 7.90.